The van der Waals surface area contributed by atoms with E-state index < -0.39 is 0 Å². The van der Waals surface area contributed by atoms with Crippen LogP contribution in [0.2, 0.25) is 0 Å². The Balaban J connectivity index is 1.86. The van der Waals surface area contributed by atoms with Crippen molar-refractivity contribution in [3.8, 4) is 6.07 Å². The van der Waals surface area contributed by atoms with E-state index in [0.717, 1.165) is 42.1 Å². The first-order chi connectivity index (χ1) is 9.86. The molecule has 0 amide bonds. The van der Waals surface area contributed by atoms with E-state index in [4.69, 9.17) is 5.26 Å². The van der Waals surface area contributed by atoms with Gasteiger partial charge >= 0.3 is 0 Å². The second-order valence-corrected chi connectivity index (χ2v) is 4.57. The monoisotopic (exact) mass is 266 g/mol. The number of pyridine rings is 1. The topological polar surface area (TPSA) is 86.5 Å². The van der Waals surface area contributed by atoms with Crippen molar-refractivity contribution >= 4 is 5.82 Å². The summed E-state index contributed by atoms with van der Waals surface area (Å²) < 4.78 is 0. The third-order valence-electron chi connectivity index (χ3n) is 3.24. The standard InChI is InChI=1S/C14H14N6/c15-7-13-19-12-3-6-17-9-11(12)14(20-13)18-8-10-1-4-16-5-2-10/h1-2,4-5,17H,3,6,8-9H2,(H,18,19,20). The molecule has 0 bridgehead atoms. The molecule has 0 aromatic carbocycles. The quantitative estimate of drug-likeness (QED) is 0.862. The van der Waals surface area contributed by atoms with E-state index in [1.165, 1.54) is 0 Å². The van der Waals surface area contributed by atoms with Crippen LogP contribution in [0.3, 0.4) is 0 Å². The maximum absolute atomic E-state index is 9.02. The first kappa shape index (κ1) is 12.5. The fraction of sp³-hybridized carbons (Fsp3) is 0.286. The van der Waals surface area contributed by atoms with E-state index in [1.54, 1.807) is 12.4 Å². The minimum atomic E-state index is 0.225. The molecule has 1 aliphatic heterocycles. The van der Waals surface area contributed by atoms with E-state index in [-0.39, 0.29) is 5.82 Å². The zero-order valence-corrected chi connectivity index (χ0v) is 10.9. The second kappa shape index (κ2) is 5.63. The average molecular weight is 266 g/mol. The Morgan fingerprint density at radius 1 is 1.30 bits per heavy atom. The fourth-order valence-corrected chi connectivity index (χ4v) is 2.23. The van der Waals surface area contributed by atoms with Crippen molar-refractivity contribution in [2.24, 2.45) is 0 Å². The lowest BCUT2D eigenvalue weighted by Gasteiger charge is -2.19. The van der Waals surface area contributed by atoms with Gasteiger partial charge in [0.05, 0.1) is 5.69 Å². The predicted octanol–water partition coefficient (Wildman–Crippen LogP) is 1.00. The number of nitrogens with one attached hydrogen (secondary N) is 2. The van der Waals surface area contributed by atoms with Gasteiger partial charge in [-0.05, 0) is 17.7 Å². The lowest BCUT2D eigenvalue weighted by Crippen LogP contribution is -2.26. The summed E-state index contributed by atoms with van der Waals surface area (Å²) in [6, 6.07) is 5.92. The third-order valence-corrected chi connectivity index (χ3v) is 3.24. The normalized spacial score (nSPS) is 13.3. The molecule has 1 aliphatic rings. The maximum atomic E-state index is 9.02. The highest BCUT2D eigenvalue weighted by atomic mass is 15.1. The Labute approximate surface area is 116 Å². The van der Waals surface area contributed by atoms with Gasteiger partial charge in [-0.2, -0.15) is 5.26 Å². The molecular formula is C14H14N6. The zero-order valence-electron chi connectivity index (χ0n) is 10.9. The highest BCUT2D eigenvalue weighted by Crippen LogP contribution is 2.20. The number of anilines is 1. The molecule has 2 aromatic rings. The van der Waals surface area contributed by atoms with Crippen LogP contribution in [0.4, 0.5) is 5.82 Å². The Morgan fingerprint density at radius 2 is 2.15 bits per heavy atom. The van der Waals surface area contributed by atoms with Gasteiger partial charge in [-0.3, -0.25) is 4.98 Å². The van der Waals surface area contributed by atoms with Crippen molar-refractivity contribution in [1.29, 1.82) is 5.26 Å². The summed E-state index contributed by atoms with van der Waals surface area (Å²) in [4.78, 5) is 12.6. The average Bonchev–Trinajstić information content (AvgIpc) is 2.53. The van der Waals surface area contributed by atoms with Crippen LogP contribution in [0.25, 0.3) is 0 Å². The minimum Gasteiger partial charge on any atom is -0.366 e. The molecule has 0 fully saturated rings. The summed E-state index contributed by atoms with van der Waals surface area (Å²) >= 11 is 0. The van der Waals surface area contributed by atoms with Crippen LogP contribution in [-0.4, -0.2) is 21.5 Å². The van der Waals surface area contributed by atoms with E-state index in [2.05, 4.69) is 25.6 Å². The van der Waals surface area contributed by atoms with Crippen molar-refractivity contribution in [2.75, 3.05) is 11.9 Å². The van der Waals surface area contributed by atoms with Gasteiger partial charge in [0.2, 0.25) is 5.82 Å². The maximum Gasteiger partial charge on any atom is 0.234 e. The summed E-state index contributed by atoms with van der Waals surface area (Å²) in [7, 11) is 0. The van der Waals surface area contributed by atoms with E-state index in [9.17, 15) is 0 Å². The number of aromatic nitrogens is 3. The number of fused-ring (bicyclic) bond motifs is 1. The molecule has 0 saturated carbocycles. The van der Waals surface area contributed by atoms with Gasteiger partial charge in [-0.1, -0.05) is 0 Å². The third kappa shape index (κ3) is 2.58. The van der Waals surface area contributed by atoms with Crippen LogP contribution in [0.15, 0.2) is 24.5 Å². The SMILES string of the molecule is N#Cc1nc2c(c(NCc3ccncc3)n1)CNCC2. The molecule has 2 N–H and O–H groups in total. The molecule has 0 radical (unpaired) electrons. The van der Waals surface area contributed by atoms with Crippen molar-refractivity contribution in [2.45, 2.75) is 19.5 Å². The summed E-state index contributed by atoms with van der Waals surface area (Å²) in [5.74, 6) is 0.971. The molecule has 2 aromatic heterocycles. The predicted molar refractivity (Wildman–Crippen MR) is 73.7 cm³/mol. The smallest absolute Gasteiger partial charge is 0.234 e. The van der Waals surface area contributed by atoms with Crippen molar-refractivity contribution in [3.63, 3.8) is 0 Å². The minimum absolute atomic E-state index is 0.225. The van der Waals surface area contributed by atoms with Gasteiger partial charge in [0.1, 0.15) is 11.9 Å². The summed E-state index contributed by atoms with van der Waals surface area (Å²) in [5.41, 5.74) is 3.14. The molecule has 0 saturated heterocycles. The largest absolute Gasteiger partial charge is 0.366 e. The molecule has 0 unspecified atom stereocenters. The van der Waals surface area contributed by atoms with Gasteiger partial charge in [0.15, 0.2) is 0 Å². The van der Waals surface area contributed by atoms with Gasteiger partial charge < -0.3 is 10.6 Å². The molecule has 6 nitrogen and oxygen atoms in total. The highest BCUT2D eigenvalue weighted by molar-refractivity contribution is 5.49. The Hall–Kier alpha value is -2.52. The number of hydrogen-bond acceptors (Lipinski definition) is 6. The number of nitriles is 1. The van der Waals surface area contributed by atoms with E-state index in [0.29, 0.717) is 6.54 Å². The van der Waals surface area contributed by atoms with Gasteiger partial charge in [0, 0.05) is 44.0 Å². The van der Waals surface area contributed by atoms with Gasteiger partial charge in [-0.25, -0.2) is 9.97 Å². The van der Waals surface area contributed by atoms with Gasteiger partial charge in [0.25, 0.3) is 0 Å². The first-order valence-electron chi connectivity index (χ1n) is 6.50. The lowest BCUT2D eigenvalue weighted by atomic mass is 10.1. The molecule has 3 heterocycles. The van der Waals surface area contributed by atoms with Gasteiger partial charge in [-0.15, -0.1) is 0 Å². The molecular weight excluding hydrogens is 252 g/mol. The zero-order chi connectivity index (χ0) is 13.8. The number of nitrogens with zero attached hydrogens (tertiary/aromatic N) is 4. The number of rotatable bonds is 3. The van der Waals surface area contributed by atoms with E-state index in [1.807, 2.05) is 18.2 Å². The van der Waals surface area contributed by atoms with Crippen LogP contribution < -0.4 is 10.6 Å². The molecule has 3 rings (SSSR count). The second-order valence-electron chi connectivity index (χ2n) is 4.57. The highest BCUT2D eigenvalue weighted by Gasteiger charge is 2.17. The van der Waals surface area contributed by atoms with Crippen molar-refractivity contribution in [3.05, 3.63) is 47.2 Å². The van der Waals surface area contributed by atoms with Crippen LogP contribution >= 0.6 is 0 Å². The van der Waals surface area contributed by atoms with Crippen molar-refractivity contribution in [1.82, 2.24) is 20.3 Å². The fourth-order valence-electron chi connectivity index (χ4n) is 2.23. The van der Waals surface area contributed by atoms with Crippen LogP contribution in [0, 0.1) is 11.3 Å². The lowest BCUT2D eigenvalue weighted by molar-refractivity contribution is 0.625. The molecule has 20 heavy (non-hydrogen) atoms. The number of hydrogen-bond donors (Lipinski definition) is 2. The van der Waals surface area contributed by atoms with Crippen molar-refractivity contribution < 1.29 is 0 Å². The molecule has 6 heteroatoms. The Morgan fingerprint density at radius 3 is 2.95 bits per heavy atom. The molecule has 100 valence electrons. The van der Waals surface area contributed by atoms with Crippen LogP contribution in [0.5, 0.6) is 0 Å². The van der Waals surface area contributed by atoms with Crippen LogP contribution in [0.1, 0.15) is 22.6 Å². The molecule has 0 spiro atoms. The summed E-state index contributed by atoms with van der Waals surface area (Å²) in [5, 5.41) is 15.6. The Kier molecular flexibility index (Phi) is 3.52. The molecule has 0 atom stereocenters. The molecule has 0 aliphatic carbocycles. The summed E-state index contributed by atoms with van der Waals surface area (Å²) in [6.45, 7) is 2.27. The first-order valence-corrected chi connectivity index (χ1v) is 6.50. The van der Waals surface area contributed by atoms with Crippen LogP contribution in [-0.2, 0) is 19.5 Å². The summed E-state index contributed by atoms with van der Waals surface area (Å²) in [6.07, 6.45) is 4.35. The van der Waals surface area contributed by atoms with E-state index >= 15 is 0 Å². The Bertz CT molecular complexity index is 647.